The Bertz CT molecular complexity index is 374. The summed E-state index contributed by atoms with van der Waals surface area (Å²) in [7, 11) is 0. The number of nitrogens with one attached hydrogen (secondary N) is 2. The third kappa shape index (κ3) is 6.15. The van der Waals surface area contributed by atoms with E-state index in [1.54, 1.807) is 0 Å². The third-order valence-corrected chi connectivity index (χ3v) is 2.58. The molecule has 0 heterocycles. The van der Waals surface area contributed by atoms with Crippen LogP contribution in [0.2, 0.25) is 0 Å². The molecule has 1 aromatic rings. The SMILES string of the molecule is O=C(NCC(F)F)NC(CCCO)c1ccccc1. The van der Waals surface area contributed by atoms with Crippen molar-refractivity contribution in [1.29, 1.82) is 0 Å². The highest BCUT2D eigenvalue weighted by Gasteiger charge is 2.14. The lowest BCUT2D eigenvalue weighted by Crippen LogP contribution is -2.40. The number of rotatable bonds is 7. The third-order valence-electron chi connectivity index (χ3n) is 2.58. The number of benzene rings is 1. The molecule has 3 N–H and O–H groups in total. The van der Waals surface area contributed by atoms with Crippen LogP contribution in [0.4, 0.5) is 13.6 Å². The number of hydrogen-bond donors (Lipinski definition) is 3. The summed E-state index contributed by atoms with van der Waals surface area (Å²) in [4.78, 5) is 11.5. The van der Waals surface area contributed by atoms with Crippen molar-refractivity contribution in [2.45, 2.75) is 25.3 Å². The van der Waals surface area contributed by atoms with Crippen LogP contribution in [0.25, 0.3) is 0 Å². The minimum absolute atomic E-state index is 0.0175. The van der Waals surface area contributed by atoms with Crippen molar-refractivity contribution in [3.8, 4) is 0 Å². The Kier molecular flexibility index (Phi) is 6.81. The molecule has 0 saturated carbocycles. The second kappa shape index (κ2) is 8.42. The van der Waals surface area contributed by atoms with Gasteiger partial charge in [0, 0.05) is 6.61 Å². The van der Waals surface area contributed by atoms with Crippen LogP contribution in [-0.2, 0) is 0 Å². The number of urea groups is 1. The normalized spacial score (nSPS) is 12.2. The van der Waals surface area contributed by atoms with E-state index in [4.69, 9.17) is 5.11 Å². The molecule has 0 bridgehead atoms. The van der Waals surface area contributed by atoms with Gasteiger partial charge in [0.1, 0.15) is 0 Å². The maximum absolute atomic E-state index is 12.0. The molecule has 1 unspecified atom stereocenters. The van der Waals surface area contributed by atoms with Gasteiger partial charge in [-0.05, 0) is 18.4 Å². The summed E-state index contributed by atoms with van der Waals surface area (Å²) in [6.07, 6.45) is -1.50. The highest BCUT2D eigenvalue weighted by atomic mass is 19.3. The van der Waals surface area contributed by atoms with Gasteiger partial charge in [-0.25, -0.2) is 13.6 Å². The summed E-state index contributed by atoms with van der Waals surface area (Å²) in [6, 6.07) is 8.27. The van der Waals surface area contributed by atoms with Crippen molar-refractivity contribution in [2.24, 2.45) is 0 Å². The summed E-state index contributed by atoms with van der Waals surface area (Å²) >= 11 is 0. The maximum Gasteiger partial charge on any atom is 0.315 e. The zero-order valence-electron chi connectivity index (χ0n) is 10.5. The fourth-order valence-corrected chi connectivity index (χ4v) is 1.68. The number of alkyl halides is 2. The molecule has 0 saturated heterocycles. The van der Waals surface area contributed by atoms with Crippen molar-refractivity contribution < 1.29 is 18.7 Å². The number of carbonyl (C=O) groups excluding carboxylic acids is 1. The first kappa shape index (κ1) is 15.4. The minimum Gasteiger partial charge on any atom is -0.396 e. The van der Waals surface area contributed by atoms with Gasteiger partial charge in [-0.3, -0.25) is 0 Å². The summed E-state index contributed by atoms with van der Waals surface area (Å²) < 4.78 is 24.0. The Hall–Kier alpha value is -1.69. The van der Waals surface area contributed by atoms with Crippen molar-refractivity contribution in [3.63, 3.8) is 0 Å². The largest absolute Gasteiger partial charge is 0.396 e. The molecule has 19 heavy (non-hydrogen) atoms. The average Bonchev–Trinajstić information content (AvgIpc) is 2.42. The summed E-state index contributed by atoms with van der Waals surface area (Å²) in [5.41, 5.74) is 0.878. The van der Waals surface area contributed by atoms with Gasteiger partial charge in [0.15, 0.2) is 0 Å². The zero-order chi connectivity index (χ0) is 14.1. The highest BCUT2D eigenvalue weighted by Crippen LogP contribution is 2.17. The van der Waals surface area contributed by atoms with E-state index in [9.17, 15) is 13.6 Å². The van der Waals surface area contributed by atoms with E-state index in [0.29, 0.717) is 12.8 Å². The number of halogens is 2. The van der Waals surface area contributed by atoms with E-state index >= 15 is 0 Å². The predicted octanol–water partition coefficient (Wildman–Crippen LogP) is 2.06. The van der Waals surface area contributed by atoms with Crippen LogP contribution in [0.3, 0.4) is 0 Å². The number of amides is 2. The van der Waals surface area contributed by atoms with Crippen LogP contribution in [0.15, 0.2) is 30.3 Å². The highest BCUT2D eigenvalue weighted by molar-refractivity contribution is 5.74. The number of aliphatic hydroxyl groups excluding tert-OH is 1. The van der Waals surface area contributed by atoms with Gasteiger partial charge in [-0.2, -0.15) is 0 Å². The lowest BCUT2D eigenvalue weighted by atomic mass is 10.0. The van der Waals surface area contributed by atoms with Crippen molar-refractivity contribution >= 4 is 6.03 Å². The molecule has 0 aliphatic rings. The lowest BCUT2D eigenvalue weighted by Gasteiger charge is -2.19. The molecule has 0 aliphatic heterocycles. The molecule has 1 rings (SSSR count). The van der Waals surface area contributed by atoms with Crippen LogP contribution < -0.4 is 10.6 Å². The molecule has 0 fully saturated rings. The topological polar surface area (TPSA) is 61.4 Å². The van der Waals surface area contributed by atoms with Crippen LogP contribution in [0, 0.1) is 0 Å². The minimum atomic E-state index is -2.57. The van der Waals surface area contributed by atoms with E-state index in [0.717, 1.165) is 5.56 Å². The van der Waals surface area contributed by atoms with Gasteiger partial charge in [0.25, 0.3) is 6.43 Å². The second-order valence-electron chi connectivity index (χ2n) is 4.07. The smallest absolute Gasteiger partial charge is 0.315 e. The Labute approximate surface area is 110 Å². The molecule has 0 aliphatic carbocycles. The first-order chi connectivity index (χ1) is 9.13. The summed E-state index contributed by atoms with van der Waals surface area (Å²) in [5, 5.41) is 13.6. The van der Waals surface area contributed by atoms with E-state index in [-0.39, 0.29) is 12.6 Å². The molecule has 0 aromatic heterocycles. The zero-order valence-corrected chi connectivity index (χ0v) is 10.5. The van der Waals surface area contributed by atoms with Crippen molar-refractivity contribution in [3.05, 3.63) is 35.9 Å². The van der Waals surface area contributed by atoms with Gasteiger partial charge >= 0.3 is 6.03 Å². The Morgan fingerprint density at radius 3 is 2.53 bits per heavy atom. The fourth-order valence-electron chi connectivity index (χ4n) is 1.68. The molecule has 0 radical (unpaired) electrons. The monoisotopic (exact) mass is 272 g/mol. The standard InChI is InChI=1S/C13H18F2N2O2/c14-12(15)9-16-13(19)17-11(7-4-8-18)10-5-2-1-3-6-10/h1-3,5-6,11-12,18H,4,7-9H2,(H2,16,17,19). The Balaban J connectivity index is 2.57. The molecule has 2 amide bonds. The van der Waals surface area contributed by atoms with Crippen molar-refractivity contribution in [1.82, 2.24) is 10.6 Å². The quantitative estimate of drug-likeness (QED) is 0.711. The fraction of sp³-hybridized carbons (Fsp3) is 0.462. The predicted molar refractivity (Wildman–Crippen MR) is 68.0 cm³/mol. The number of carbonyl (C=O) groups is 1. The Morgan fingerprint density at radius 2 is 1.95 bits per heavy atom. The number of aliphatic hydroxyl groups is 1. The molecule has 106 valence electrons. The molecular formula is C13H18F2N2O2. The molecule has 1 aromatic carbocycles. The van der Waals surface area contributed by atoms with Gasteiger partial charge in [0.05, 0.1) is 12.6 Å². The van der Waals surface area contributed by atoms with Gasteiger partial charge < -0.3 is 15.7 Å². The summed E-state index contributed by atoms with van der Waals surface area (Å²) in [6.45, 7) is -0.656. The van der Waals surface area contributed by atoms with Crippen LogP contribution in [0.5, 0.6) is 0 Å². The summed E-state index contributed by atoms with van der Waals surface area (Å²) in [5.74, 6) is 0. The maximum atomic E-state index is 12.0. The van der Waals surface area contributed by atoms with Crippen LogP contribution >= 0.6 is 0 Å². The van der Waals surface area contributed by atoms with Gasteiger partial charge in [-0.15, -0.1) is 0 Å². The number of hydrogen-bond acceptors (Lipinski definition) is 2. The first-order valence-electron chi connectivity index (χ1n) is 6.11. The van der Waals surface area contributed by atoms with Gasteiger partial charge in [0.2, 0.25) is 0 Å². The molecule has 6 heteroatoms. The first-order valence-corrected chi connectivity index (χ1v) is 6.11. The molecule has 1 atom stereocenters. The molecule has 4 nitrogen and oxygen atoms in total. The lowest BCUT2D eigenvalue weighted by molar-refractivity contribution is 0.146. The van der Waals surface area contributed by atoms with Gasteiger partial charge in [-0.1, -0.05) is 30.3 Å². The molecular weight excluding hydrogens is 254 g/mol. The van der Waals surface area contributed by atoms with Crippen LogP contribution in [-0.4, -0.2) is 30.7 Å². The average molecular weight is 272 g/mol. The van der Waals surface area contributed by atoms with E-state index in [2.05, 4.69) is 10.6 Å². The Morgan fingerprint density at radius 1 is 1.26 bits per heavy atom. The molecule has 0 spiro atoms. The van der Waals surface area contributed by atoms with E-state index in [1.165, 1.54) is 0 Å². The van der Waals surface area contributed by atoms with Crippen molar-refractivity contribution in [2.75, 3.05) is 13.2 Å². The second-order valence-corrected chi connectivity index (χ2v) is 4.07. The van der Waals surface area contributed by atoms with E-state index in [1.807, 2.05) is 30.3 Å². The van der Waals surface area contributed by atoms with Crippen LogP contribution in [0.1, 0.15) is 24.4 Å². The van der Waals surface area contributed by atoms with E-state index < -0.39 is 19.0 Å².